The van der Waals surface area contributed by atoms with Gasteiger partial charge in [0, 0.05) is 13.1 Å². The van der Waals surface area contributed by atoms with Gasteiger partial charge in [-0.1, -0.05) is 0 Å². The lowest BCUT2D eigenvalue weighted by molar-refractivity contribution is -0.250. The monoisotopic (exact) mass is 309 g/mol. The average Bonchev–Trinajstić information content (AvgIpc) is 2.35. The summed E-state index contributed by atoms with van der Waals surface area (Å²) in [6.07, 6.45) is -3.66. The van der Waals surface area contributed by atoms with Crippen LogP contribution in [0.5, 0.6) is 0 Å². The Kier molecular flexibility index (Phi) is 5.49. The minimum absolute atomic E-state index is 0.200. The van der Waals surface area contributed by atoms with Gasteiger partial charge in [0.25, 0.3) is 0 Å². The van der Waals surface area contributed by atoms with Crippen LogP contribution in [0.15, 0.2) is 0 Å². The highest BCUT2D eigenvalue weighted by molar-refractivity contribution is 5.73. The molecule has 0 aromatic heterocycles. The standard InChI is InChI=1S/C13H21F2NO5/c1-12(2,3)21-11(19)16-6-4-9(5-7-16)8-20-13(14,15)10(17)18/h9H,4-8H2,1-3H3,(H,17,18). The molecule has 1 rings (SSSR count). The van der Waals surface area contributed by atoms with E-state index in [0.29, 0.717) is 25.9 Å². The molecule has 0 atom stereocenters. The van der Waals surface area contributed by atoms with E-state index in [2.05, 4.69) is 4.74 Å². The Morgan fingerprint density at radius 1 is 1.24 bits per heavy atom. The molecule has 122 valence electrons. The Balaban J connectivity index is 2.36. The molecular weight excluding hydrogens is 288 g/mol. The van der Waals surface area contributed by atoms with E-state index >= 15 is 0 Å². The highest BCUT2D eigenvalue weighted by Gasteiger charge is 2.41. The molecule has 21 heavy (non-hydrogen) atoms. The van der Waals surface area contributed by atoms with E-state index in [-0.39, 0.29) is 12.5 Å². The predicted octanol–water partition coefficient (Wildman–Crippen LogP) is 2.33. The van der Waals surface area contributed by atoms with Crippen molar-refractivity contribution in [3.63, 3.8) is 0 Å². The molecule has 0 radical (unpaired) electrons. The number of piperidine rings is 1. The van der Waals surface area contributed by atoms with Crippen LogP contribution in [0.3, 0.4) is 0 Å². The molecule has 1 aliphatic heterocycles. The number of hydrogen-bond acceptors (Lipinski definition) is 4. The van der Waals surface area contributed by atoms with Crippen LogP contribution >= 0.6 is 0 Å². The molecule has 0 bridgehead atoms. The number of carbonyl (C=O) groups is 2. The molecule has 0 unspecified atom stereocenters. The number of carbonyl (C=O) groups excluding carboxylic acids is 1. The maximum atomic E-state index is 12.8. The molecule has 0 aliphatic carbocycles. The maximum absolute atomic E-state index is 12.8. The van der Waals surface area contributed by atoms with Gasteiger partial charge in [-0.3, -0.25) is 0 Å². The van der Waals surface area contributed by atoms with Crippen molar-refractivity contribution in [2.45, 2.75) is 45.3 Å². The second-order valence-corrected chi connectivity index (χ2v) is 6.04. The van der Waals surface area contributed by atoms with Crippen LogP contribution in [0.1, 0.15) is 33.6 Å². The summed E-state index contributed by atoms with van der Waals surface area (Å²) in [5.41, 5.74) is -0.583. The summed E-state index contributed by atoms with van der Waals surface area (Å²) < 4.78 is 34.9. The van der Waals surface area contributed by atoms with Gasteiger partial charge in [-0.2, -0.15) is 8.78 Å². The van der Waals surface area contributed by atoms with Gasteiger partial charge >= 0.3 is 18.2 Å². The number of halogens is 2. The first-order valence-electron chi connectivity index (χ1n) is 6.74. The summed E-state index contributed by atoms with van der Waals surface area (Å²) >= 11 is 0. The zero-order valence-corrected chi connectivity index (χ0v) is 12.4. The molecule has 1 saturated heterocycles. The zero-order valence-electron chi connectivity index (χ0n) is 12.4. The van der Waals surface area contributed by atoms with Crippen molar-refractivity contribution < 1.29 is 33.0 Å². The fraction of sp³-hybridized carbons (Fsp3) is 0.846. The quantitative estimate of drug-likeness (QED) is 0.862. The van der Waals surface area contributed by atoms with E-state index in [1.54, 1.807) is 20.8 Å². The van der Waals surface area contributed by atoms with E-state index in [1.165, 1.54) is 4.90 Å². The Morgan fingerprint density at radius 3 is 2.19 bits per heavy atom. The van der Waals surface area contributed by atoms with Crippen LogP contribution in [0, 0.1) is 5.92 Å². The predicted molar refractivity (Wildman–Crippen MR) is 69.1 cm³/mol. The van der Waals surface area contributed by atoms with Gasteiger partial charge in [-0.05, 0) is 39.5 Å². The van der Waals surface area contributed by atoms with E-state index in [9.17, 15) is 18.4 Å². The third-order valence-corrected chi connectivity index (χ3v) is 3.02. The van der Waals surface area contributed by atoms with Gasteiger partial charge in [0.15, 0.2) is 0 Å². The first-order chi connectivity index (χ1) is 9.51. The van der Waals surface area contributed by atoms with Gasteiger partial charge in [-0.15, -0.1) is 0 Å². The van der Waals surface area contributed by atoms with Crippen LogP contribution in [0.25, 0.3) is 0 Å². The smallest absolute Gasteiger partial charge is 0.455 e. The average molecular weight is 309 g/mol. The Bertz CT molecular complexity index is 387. The van der Waals surface area contributed by atoms with Crippen molar-refractivity contribution in [3.8, 4) is 0 Å². The summed E-state index contributed by atoms with van der Waals surface area (Å²) in [5.74, 6) is -2.50. The number of nitrogens with zero attached hydrogens (tertiary/aromatic N) is 1. The lowest BCUT2D eigenvalue weighted by atomic mass is 9.98. The molecule has 1 amide bonds. The second-order valence-electron chi connectivity index (χ2n) is 6.04. The topological polar surface area (TPSA) is 76.1 Å². The number of carboxylic acids is 1. The molecule has 0 saturated carbocycles. The normalized spacial score (nSPS) is 17.7. The van der Waals surface area contributed by atoms with Crippen LogP contribution in [0.2, 0.25) is 0 Å². The van der Waals surface area contributed by atoms with Gasteiger partial charge in [0.1, 0.15) is 5.60 Å². The molecule has 8 heteroatoms. The summed E-state index contributed by atoms with van der Waals surface area (Å²) in [7, 11) is 0. The summed E-state index contributed by atoms with van der Waals surface area (Å²) in [5, 5.41) is 8.25. The number of amides is 1. The number of hydrogen-bond donors (Lipinski definition) is 1. The lowest BCUT2D eigenvalue weighted by Gasteiger charge is -2.33. The van der Waals surface area contributed by atoms with Crippen molar-refractivity contribution >= 4 is 12.1 Å². The highest BCUT2D eigenvalue weighted by atomic mass is 19.3. The zero-order chi connectivity index (χ0) is 16.3. The largest absolute Gasteiger partial charge is 0.475 e. The van der Waals surface area contributed by atoms with Gasteiger partial charge < -0.3 is 19.5 Å². The lowest BCUT2D eigenvalue weighted by Crippen LogP contribution is -2.43. The summed E-state index contributed by atoms with van der Waals surface area (Å²) in [6, 6.07) is 0. The minimum atomic E-state index is -4.16. The highest BCUT2D eigenvalue weighted by Crippen LogP contribution is 2.23. The van der Waals surface area contributed by atoms with Crippen LogP contribution in [-0.4, -0.2) is 53.5 Å². The molecule has 0 aromatic rings. The first kappa shape index (κ1) is 17.6. The van der Waals surface area contributed by atoms with E-state index < -0.39 is 23.8 Å². The molecular formula is C13H21F2NO5. The molecule has 1 heterocycles. The third-order valence-electron chi connectivity index (χ3n) is 3.02. The van der Waals surface area contributed by atoms with Gasteiger partial charge in [0.2, 0.25) is 0 Å². The summed E-state index contributed by atoms with van der Waals surface area (Å²) in [4.78, 5) is 23.5. The van der Waals surface area contributed by atoms with Crippen molar-refractivity contribution in [2.24, 2.45) is 5.92 Å². The van der Waals surface area contributed by atoms with Crippen LogP contribution < -0.4 is 0 Å². The molecule has 1 aliphatic rings. The molecule has 1 N–H and O–H groups in total. The van der Waals surface area contributed by atoms with Crippen molar-refractivity contribution in [1.29, 1.82) is 0 Å². The SMILES string of the molecule is CC(C)(C)OC(=O)N1CCC(COC(F)(F)C(=O)O)CC1. The van der Waals surface area contributed by atoms with Crippen LogP contribution in [-0.2, 0) is 14.3 Å². The van der Waals surface area contributed by atoms with Crippen molar-refractivity contribution in [1.82, 2.24) is 4.90 Å². The van der Waals surface area contributed by atoms with Gasteiger partial charge in [-0.25, -0.2) is 9.59 Å². The second kappa shape index (κ2) is 6.55. The van der Waals surface area contributed by atoms with Crippen molar-refractivity contribution in [2.75, 3.05) is 19.7 Å². The Hall–Kier alpha value is -1.44. The molecule has 6 nitrogen and oxygen atoms in total. The van der Waals surface area contributed by atoms with Crippen molar-refractivity contribution in [3.05, 3.63) is 0 Å². The number of alkyl halides is 2. The fourth-order valence-corrected chi connectivity index (χ4v) is 1.89. The third kappa shape index (κ3) is 5.82. The number of rotatable bonds is 4. The first-order valence-corrected chi connectivity index (χ1v) is 6.74. The van der Waals surface area contributed by atoms with E-state index in [1.807, 2.05) is 0 Å². The molecule has 1 fully saturated rings. The number of likely N-dealkylation sites (tertiary alicyclic amines) is 1. The van der Waals surface area contributed by atoms with Crippen LogP contribution in [0.4, 0.5) is 13.6 Å². The Morgan fingerprint density at radius 2 is 1.76 bits per heavy atom. The number of ether oxygens (including phenoxy) is 2. The summed E-state index contributed by atoms with van der Waals surface area (Å²) in [6.45, 7) is 5.70. The Labute approximate surface area is 122 Å². The fourth-order valence-electron chi connectivity index (χ4n) is 1.89. The molecule has 0 aromatic carbocycles. The maximum Gasteiger partial charge on any atom is 0.455 e. The van der Waals surface area contributed by atoms with Gasteiger partial charge in [0.05, 0.1) is 6.61 Å². The van der Waals surface area contributed by atoms with E-state index in [4.69, 9.17) is 9.84 Å². The van der Waals surface area contributed by atoms with E-state index in [0.717, 1.165) is 0 Å². The number of aliphatic carboxylic acids is 1. The number of carboxylic acid groups (broad SMARTS) is 1. The molecule has 0 spiro atoms. The minimum Gasteiger partial charge on any atom is -0.475 e.